The third-order valence-electron chi connectivity index (χ3n) is 2.16. The lowest BCUT2D eigenvalue weighted by molar-refractivity contribution is 0.529. The zero-order valence-electron chi connectivity index (χ0n) is 8.91. The minimum atomic E-state index is 0.400. The summed E-state index contributed by atoms with van der Waals surface area (Å²) in [7, 11) is 0. The number of rotatable bonds is 4. The Balaban J connectivity index is 2.67. The number of nitrogens with zero attached hydrogens (tertiary/aromatic N) is 2. The molecule has 1 rings (SSSR count). The molecule has 3 nitrogen and oxygen atoms in total. The van der Waals surface area contributed by atoms with Crippen molar-refractivity contribution < 1.29 is 0 Å². The van der Waals surface area contributed by atoms with Crippen molar-refractivity contribution in [3.63, 3.8) is 0 Å². The second-order valence-electron chi connectivity index (χ2n) is 3.63. The van der Waals surface area contributed by atoms with Crippen LogP contribution in [0.3, 0.4) is 0 Å². The van der Waals surface area contributed by atoms with Gasteiger partial charge in [-0.25, -0.2) is 0 Å². The van der Waals surface area contributed by atoms with E-state index in [2.05, 4.69) is 44.3 Å². The fourth-order valence-corrected chi connectivity index (χ4v) is 1.28. The predicted octanol–water partition coefficient (Wildman–Crippen LogP) is 2.13. The molecule has 1 N–H and O–H groups in total. The summed E-state index contributed by atoms with van der Waals surface area (Å²) in [6.07, 6.45) is 4.05. The van der Waals surface area contributed by atoms with Crippen molar-refractivity contribution in [2.45, 2.75) is 39.8 Å². The Morgan fingerprint density at radius 2 is 2.15 bits per heavy atom. The van der Waals surface area contributed by atoms with E-state index in [9.17, 15) is 0 Å². The lowest BCUT2D eigenvalue weighted by Gasteiger charge is -2.09. The molecule has 0 aliphatic rings. The van der Waals surface area contributed by atoms with E-state index < -0.39 is 0 Å². The minimum absolute atomic E-state index is 0.400. The van der Waals surface area contributed by atoms with Crippen LogP contribution in [0.4, 0.5) is 0 Å². The van der Waals surface area contributed by atoms with Crippen molar-refractivity contribution in [2.75, 3.05) is 6.54 Å². The molecule has 0 radical (unpaired) electrons. The van der Waals surface area contributed by atoms with Gasteiger partial charge in [0, 0.05) is 23.8 Å². The molecule has 0 aliphatic carbocycles. The Kier molecular flexibility index (Phi) is 3.48. The second-order valence-corrected chi connectivity index (χ2v) is 3.63. The van der Waals surface area contributed by atoms with Crippen LogP contribution < -0.4 is 5.32 Å². The van der Waals surface area contributed by atoms with Gasteiger partial charge < -0.3 is 5.32 Å². The van der Waals surface area contributed by atoms with Crippen molar-refractivity contribution in [3.05, 3.63) is 18.0 Å². The maximum absolute atomic E-state index is 4.30. The number of hydrogen-bond acceptors (Lipinski definition) is 2. The van der Waals surface area contributed by atoms with E-state index >= 15 is 0 Å². The van der Waals surface area contributed by atoms with Crippen LogP contribution in [0.15, 0.2) is 12.4 Å². The number of nitrogens with one attached hydrogen (secondary N) is 1. The Bertz CT molecular complexity index is 252. The first-order valence-electron chi connectivity index (χ1n) is 4.92. The summed E-state index contributed by atoms with van der Waals surface area (Å²) in [5, 5.41) is 7.66. The predicted molar refractivity (Wildman–Crippen MR) is 54.7 cm³/mol. The van der Waals surface area contributed by atoms with E-state index in [0.717, 1.165) is 6.54 Å². The van der Waals surface area contributed by atoms with Gasteiger partial charge >= 0.3 is 0 Å². The summed E-state index contributed by atoms with van der Waals surface area (Å²) in [5.41, 5.74) is 1.26. The van der Waals surface area contributed by atoms with E-state index in [0.29, 0.717) is 12.1 Å². The Labute approximate surface area is 80.1 Å². The van der Waals surface area contributed by atoms with Gasteiger partial charge in [0.1, 0.15) is 0 Å². The molecule has 0 spiro atoms. The van der Waals surface area contributed by atoms with Gasteiger partial charge in [-0.15, -0.1) is 0 Å². The fraction of sp³-hybridized carbons (Fsp3) is 0.700. The first-order valence-corrected chi connectivity index (χ1v) is 4.92. The number of aromatic nitrogens is 2. The van der Waals surface area contributed by atoms with Crippen LogP contribution in [0.2, 0.25) is 0 Å². The van der Waals surface area contributed by atoms with Crippen molar-refractivity contribution in [1.82, 2.24) is 15.1 Å². The molecule has 1 atom stereocenters. The molecule has 1 unspecified atom stereocenters. The zero-order valence-corrected chi connectivity index (χ0v) is 8.91. The topological polar surface area (TPSA) is 29.9 Å². The number of hydrogen-bond donors (Lipinski definition) is 1. The summed E-state index contributed by atoms with van der Waals surface area (Å²) >= 11 is 0. The highest BCUT2D eigenvalue weighted by Crippen LogP contribution is 2.12. The smallest absolute Gasteiger partial charge is 0.0537 e. The third-order valence-corrected chi connectivity index (χ3v) is 2.16. The normalized spacial score (nSPS) is 13.6. The molecule has 1 heterocycles. The van der Waals surface area contributed by atoms with Gasteiger partial charge in [0.2, 0.25) is 0 Å². The van der Waals surface area contributed by atoms with E-state index in [1.165, 1.54) is 5.56 Å². The zero-order chi connectivity index (χ0) is 9.84. The van der Waals surface area contributed by atoms with Crippen LogP contribution >= 0.6 is 0 Å². The first-order chi connectivity index (χ1) is 6.15. The molecule has 0 aromatic carbocycles. The standard InChI is InChI=1S/C10H19N3/c1-5-11-9(4)10-6-12-13(7-10)8(2)3/h6-9,11H,5H2,1-4H3. The van der Waals surface area contributed by atoms with E-state index in [1.54, 1.807) is 0 Å². The summed E-state index contributed by atoms with van der Waals surface area (Å²) in [6.45, 7) is 9.53. The third kappa shape index (κ3) is 2.56. The SMILES string of the molecule is CCNC(C)c1cnn(C(C)C)c1. The highest BCUT2D eigenvalue weighted by molar-refractivity contribution is 5.09. The summed E-state index contributed by atoms with van der Waals surface area (Å²) in [6, 6.07) is 0.847. The summed E-state index contributed by atoms with van der Waals surface area (Å²) in [5.74, 6) is 0. The summed E-state index contributed by atoms with van der Waals surface area (Å²) in [4.78, 5) is 0. The van der Waals surface area contributed by atoms with Crippen LogP contribution in [0, 0.1) is 0 Å². The molecular formula is C10H19N3. The van der Waals surface area contributed by atoms with Crippen LogP contribution in [-0.2, 0) is 0 Å². The molecule has 0 saturated carbocycles. The van der Waals surface area contributed by atoms with E-state index in [1.807, 2.05) is 10.9 Å². The van der Waals surface area contributed by atoms with Crippen LogP contribution in [0.5, 0.6) is 0 Å². The quantitative estimate of drug-likeness (QED) is 0.771. The van der Waals surface area contributed by atoms with Gasteiger partial charge in [0.15, 0.2) is 0 Å². The largest absolute Gasteiger partial charge is 0.310 e. The Hall–Kier alpha value is -0.830. The molecule has 0 saturated heterocycles. The molecule has 3 heteroatoms. The van der Waals surface area contributed by atoms with Gasteiger partial charge in [-0.2, -0.15) is 5.10 Å². The first kappa shape index (κ1) is 10.3. The van der Waals surface area contributed by atoms with Gasteiger partial charge in [0.05, 0.1) is 6.20 Å². The Morgan fingerprint density at radius 3 is 2.62 bits per heavy atom. The molecule has 0 aliphatic heterocycles. The maximum Gasteiger partial charge on any atom is 0.0537 e. The maximum atomic E-state index is 4.30. The highest BCUT2D eigenvalue weighted by atomic mass is 15.3. The fourth-order valence-electron chi connectivity index (χ4n) is 1.28. The Morgan fingerprint density at radius 1 is 1.46 bits per heavy atom. The second kappa shape index (κ2) is 4.42. The lowest BCUT2D eigenvalue weighted by Crippen LogP contribution is -2.17. The molecule has 0 amide bonds. The minimum Gasteiger partial charge on any atom is -0.310 e. The molecular weight excluding hydrogens is 162 g/mol. The van der Waals surface area contributed by atoms with E-state index in [4.69, 9.17) is 0 Å². The molecule has 0 fully saturated rings. The van der Waals surface area contributed by atoms with Gasteiger partial charge in [0.25, 0.3) is 0 Å². The molecule has 0 bridgehead atoms. The van der Waals surface area contributed by atoms with Crippen molar-refractivity contribution >= 4 is 0 Å². The average Bonchev–Trinajstić information content (AvgIpc) is 2.52. The molecule has 74 valence electrons. The van der Waals surface area contributed by atoms with E-state index in [-0.39, 0.29) is 0 Å². The highest BCUT2D eigenvalue weighted by Gasteiger charge is 2.07. The molecule has 1 aromatic heterocycles. The van der Waals surface area contributed by atoms with Gasteiger partial charge in [-0.3, -0.25) is 4.68 Å². The van der Waals surface area contributed by atoms with Crippen LogP contribution in [0.25, 0.3) is 0 Å². The van der Waals surface area contributed by atoms with Crippen LogP contribution in [0.1, 0.15) is 45.3 Å². The lowest BCUT2D eigenvalue weighted by atomic mass is 10.2. The van der Waals surface area contributed by atoms with Gasteiger partial charge in [-0.05, 0) is 27.3 Å². The van der Waals surface area contributed by atoms with Gasteiger partial charge in [-0.1, -0.05) is 6.92 Å². The monoisotopic (exact) mass is 181 g/mol. The van der Waals surface area contributed by atoms with Crippen LogP contribution in [-0.4, -0.2) is 16.3 Å². The van der Waals surface area contributed by atoms with Crippen molar-refractivity contribution in [1.29, 1.82) is 0 Å². The average molecular weight is 181 g/mol. The van der Waals surface area contributed by atoms with Crippen molar-refractivity contribution in [3.8, 4) is 0 Å². The summed E-state index contributed by atoms with van der Waals surface area (Å²) < 4.78 is 1.99. The van der Waals surface area contributed by atoms with Crippen molar-refractivity contribution in [2.24, 2.45) is 0 Å². The molecule has 1 aromatic rings. The molecule has 13 heavy (non-hydrogen) atoms.